The van der Waals surface area contributed by atoms with Gasteiger partial charge in [0.2, 0.25) is 0 Å². The molecule has 0 unspecified atom stereocenters. The van der Waals surface area contributed by atoms with E-state index >= 15 is 0 Å². The van der Waals surface area contributed by atoms with Crippen LogP contribution in [0.25, 0.3) is 11.3 Å². The van der Waals surface area contributed by atoms with E-state index in [9.17, 15) is 4.79 Å². The van der Waals surface area contributed by atoms with Crippen molar-refractivity contribution in [3.63, 3.8) is 0 Å². The van der Waals surface area contributed by atoms with E-state index in [2.05, 4.69) is 33.4 Å². The van der Waals surface area contributed by atoms with Crippen LogP contribution in [-0.4, -0.2) is 34.9 Å². The summed E-state index contributed by atoms with van der Waals surface area (Å²) in [7, 11) is 0. The SMILES string of the molecule is N#Cc1ccc(-c2ccc(C(=O)Nc3ccc4c(c3)CCN(C3CCC3)CC4)cn2)cc1. The Morgan fingerprint density at radius 1 is 1.00 bits per heavy atom. The third-order valence-electron chi connectivity index (χ3n) is 6.73. The Labute approximate surface area is 188 Å². The van der Waals surface area contributed by atoms with Crippen LogP contribution in [0.5, 0.6) is 0 Å². The molecule has 2 heterocycles. The lowest BCUT2D eigenvalue weighted by atomic mass is 9.91. The topological polar surface area (TPSA) is 69.0 Å². The summed E-state index contributed by atoms with van der Waals surface area (Å²) in [5, 5.41) is 12.0. The van der Waals surface area contributed by atoms with Crippen LogP contribution in [0.3, 0.4) is 0 Å². The van der Waals surface area contributed by atoms with Gasteiger partial charge in [0.25, 0.3) is 5.91 Å². The van der Waals surface area contributed by atoms with Crippen molar-refractivity contribution in [2.24, 2.45) is 0 Å². The number of fused-ring (bicyclic) bond motifs is 1. The first-order valence-corrected chi connectivity index (χ1v) is 11.3. The van der Waals surface area contributed by atoms with Gasteiger partial charge in [0, 0.05) is 36.6 Å². The summed E-state index contributed by atoms with van der Waals surface area (Å²) in [6.07, 6.45) is 7.78. The van der Waals surface area contributed by atoms with Gasteiger partial charge in [-0.1, -0.05) is 24.6 Å². The summed E-state index contributed by atoms with van der Waals surface area (Å²) < 4.78 is 0. The number of amides is 1. The molecule has 0 atom stereocenters. The highest BCUT2D eigenvalue weighted by Gasteiger charge is 2.26. The number of aromatic nitrogens is 1. The molecule has 5 nitrogen and oxygen atoms in total. The number of nitrogens with zero attached hydrogens (tertiary/aromatic N) is 3. The molecule has 160 valence electrons. The van der Waals surface area contributed by atoms with Gasteiger partial charge >= 0.3 is 0 Å². The summed E-state index contributed by atoms with van der Waals surface area (Å²) in [5.74, 6) is -0.159. The van der Waals surface area contributed by atoms with Gasteiger partial charge in [0.1, 0.15) is 0 Å². The van der Waals surface area contributed by atoms with Crippen molar-refractivity contribution < 1.29 is 4.79 Å². The predicted octanol–water partition coefficient (Wildman–Crippen LogP) is 4.83. The molecule has 0 bridgehead atoms. The Morgan fingerprint density at radius 3 is 2.44 bits per heavy atom. The Kier molecular flexibility index (Phi) is 5.70. The number of nitriles is 1. The predicted molar refractivity (Wildman–Crippen MR) is 125 cm³/mol. The summed E-state index contributed by atoms with van der Waals surface area (Å²) in [5.41, 5.74) is 6.40. The molecule has 1 aliphatic heterocycles. The van der Waals surface area contributed by atoms with Gasteiger partial charge in [-0.3, -0.25) is 14.7 Å². The number of nitrogens with one attached hydrogen (secondary N) is 1. The van der Waals surface area contributed by atoms with Crippen molar-refractivity contribution in [3.05, 3.63) is 83.0 Å². The molecule has 2 aromatic carbocycles. The molecular formula is C27H26N4O. The zero-order valence-electron chi connectivity index (χ0n) is 18.1. The number of carbonyl (C=O) groups excluding carboxylic acids is 1. The van der Waals surface area contributed by atoms with E-state index in [0.717, 1.165) is 48.9 Å². The molecule has 1 aromatic heterocycles. The normalized spacial score (nSPS) is 16.3. The second kappa shape index (κ2) is 8.94. The van der Waals surface area contributed by atoms with E-state index in [0.29, 0.717) is 11.1 Å². The maximum atomic E-state index is 12.8. The minimum absolute atomic E-state index is 0.159. The third-order valence-corrected chi connectivity index (χ3v) is 6.73. The first-order chi connectivity index (χ1) is 15.7. The fraction of sp³-hybridized carbons (Fsp3) is 0.296. The van der Waals surface area contributed by atoms with Crippen molar-refractivity contribution >= 4 is 11.6 Å². The molecule has 0 spiro atoms. The zero-order valence-corrected chi connectivity index (χ0v) is 18.1. The van der Waals surface area contributed by atoms with Crippen LogP contribution in [0.15, 0.2) is 60.8 Å². The van der Waals surface area contributed by atoms with Gasteiger partial charge < -0.3 is 5.32 Å². The molecular weight excluding hydrogens is 396 g/mol. The number of pyridine rings is 1. The monoisotopic (exact) mass is 422 g/mol. The van der Waals surface area contributed by atoms with E-state index in [-0.39, 0.29) is 5.91 Å². The van der Waals surface area contributed by atoms with Gasteiger partial charge in [-0.15, -0.1) is 0 Å². The highest BCUT2D eigenvalue weighted by Crippen LogP contribution is 2.28. The lowest BCUT2D eigenvalue weighted by Crippen LogP contribution is -2.41. The Hall–Kier alpha value is -3.49. The summed E-state index contributed by atoms with van der Waals surface area (Å²) in [4.78, 5) is 19.9. The second-order valence-corrected chi connectivity index (χ2v) is 8.68. The van der Waals surface area contributed by atoms with Crippen LogP contribution in [0.4, 0.5) is 5.69 Å². The largest absolute Gasteiger partial charge is 0.322 e. The third kappa shape index (κ3) is 4.28. The maximum Gasteiger partial charge on any atom is 0.257 e. The molecule has 1 amide bonds. The molecule has 2 aliphatic rings. The average molecular weight is 423 g/mol. The molecule has 1 saturated carbocycles. The molecule has 5 heteroatoms. The Morgan fingerprint density at radius 2 is 1.78 bits per heavy atom. The highest BCUT2D eigenvalue weighted by atomic mass is 16.1. The van der Waals surface area contributed by atoms with E-state index in [1.54, 1.807) is 24.4 Å². The smallest absolute Gasteiger partial charge is 0.257 e. The first-order valence-electron chi connectivity index (χ1n) is 11.3. The second-order valence-electron chi connectivity index (χ2n) is 8.68. The number of hydrogen-bond acceptors (Lipinski definition) is 4. The zero-order chi connectivity index (χ0) is 21.9. The van der Waals surface area contributed by atoms with E-state index in [4.69, 9.17) is 5.26 Å². The van der Waals surface area contributed by atoms with Crippen molar-refractivity contribution in [2.45, 2.75) is 38.1 Å². The minimum atomic E-state index is -0.159. The van der Waals surface area contributed by atoms with E-state index in [1.807, 2.05) is 24.3 Å². The summed E-state index contributed by atoms with van der Waals surface area (Å²) in [6, 6.07) is 20.1. The van der Waals surface area contributed by atoms with Gasteiger partial charge in [0.15, 0.2) is 0 Å². The van der Waals surface area contributed by atoms with Crippen LogP contribution in [0.1, 0.15) is 46.3 Å². The molecule has 1 N–H and O–H groups in total. The van der Waals surface area contributed by atoms with E-state index < -0.39 is 0 Å². The van der Waals surface area contributed by atoms with Crippen LogP contribution in [0.2, 0.25) is 0 Å². The lowest BCUT2D eigenvalue weighted by Gasteiger charge is -2.36. The molecule has 1 aliphatic carbocycles. The van der Waals surface area contributed by atoms with Crippen LogP contribution in [0, 0.1) is 11.3 Å². The van der Waals surface area contributed by atoms with Gasteiger partial charge in [-0.2, -0.15) is 5.26 Å². The van der Waals surface area contributed by atoms with Gasteiger partial charge in [-0.25, -0.2) is 0 Å². The molecule has 0 radical (unpaired) electrons. The fourth-order valence-corrected chi connectivity index (χ4v) is 4.55. The average Bonchev–Trinajstić information content (AvgIpc) is 3.00. The maximum absolute atomic E-state index is 12.8. The van der Waals surface area contributed by atoms with Crippen LogP contribution >= 0.6 is 0 Å². The molecule has 32 heavy (non-hydrogen) atoms. The fourth-order valence-electron chi connectivity index (χ4n) is 4.55. The van der Waals surface area contributed by atoms with Crippen molar-refractivity contribution in [1.82, 2.24) is 9.88 Å². The number of anilines is 1. The first kappa shape index (κ1) is 20.4. The van der Waals surface area contributed by atoms with Crippen LogP contribution < -0.4 is 5.32 Å². The number of carbonyl (C=O) groups is 1. The number of hydrogen-bond donors (Lipinski definition) is 1. The summed E-state index contributed by atoms with van der Waals surface area (Å²) >= 11 is 0. The number of rotatable bonds is 4. The summed E-state index contributed by atoms with van der Waals surface area (Å²) in [6.45, 7) is 2.25. The molecule has 0 saturated heterocycles. The quantitative estimate of drug-likeness (QED) is 0.654. The van der Waals surface area contributed by atoms with Crippen LogP contribution in [-0.2, 0) is 12.8 Å². The highest BCUT2D eigenvalue weighted by molar-refractivity contribution is 6.04. The Bertz CT molecular complexity index is 1160. The Balaban J connectivity index is 1.25. The number of benzene rings is 2. The van der Waals surface area contributed by atoms with E-state index in [1.165, 1.54) is 30.4 Å². The van der Waals surface area contributed by atoms with Crippen molar-refractivity contribution in [2.75, 3.05) is 18.4 Å². The minimum Gasteiger partial charge on any atom is -0.322 e. The van der Waals surface area contributed by atoms with Crippen molar-refractivity contribution in [3.8, 4) is 17.3 Å². The molecule has 3 aromatic rings. The lowest BCUT2D eigenvalue weighted by molar-refractivity contribution is 0.102. The van der Waals surface area contributed by atoms with Gasteiger partial charge in [-0.05, 0) is 73.2 Å². The van der Waals surface area contributed by atoms with Gasteiger partial charge in [0.05, 0.1) is 22.9 Å². The molecule has 5 rings (SSSR count). The standard InChI is InChI=1S/C27H26N4O/c28-17-19-4-6-21(7-5-19)26-11-9-23(18-29-26)27(32)30-24-10-8-20-12-14-31(25-2-1-3-25)15-13-22(20)16-24/h4-11,16,18,25H,1-3,12-15H2,(H,30,32). The van der Waals surface area contributed by atoms with Crippen molar-refractivity contribution in [1.29, 1.82) is 5.26 Å². The molecule has 1 fully saturated rings.